The van der Waals surface area contributed by atoms with Gasteiger partial charge in [0.1, 0.15) is 78.5 Å². The molecule has 0 aromatic carbocycles. The van der Waals surface area contributed by atoms with E-state index in [1.165, 1.54) is 20.8 Å². The van der Waals surface area contributed by atoms with Crippen molar-refractivity contribution >= 4 is 113 Å². The fraction of sp³-hybridized carbons (Fsp3) is 0.732. The van der Waals surface area contributed by atoms with Crippen LogP contribution in [0.4, 0.5) is 0 Å². The first-order chi connectivity index (χ1) is 53.4. The highest BCUT2D eigenvalue weighted by Gasteiger charge is 2.39. The molecule has 0 aliphatic carbocycles. The van der Waals surface area contributed by atoms with E-state index in [0.29, 0.717) is 25.7 Å². The van der Waals surface area contributed by atoms with Crippen molar-refractivity contribution in [1.29, 1.82) is 0 Å². The van der Waals surface area contributed by atoms with Crippen molar-refractivity contribution in [3.63, 3.8) is 0 Å². The van der Waals surface area contributed by atoms with Crippen LogP contribution in [-0.4, -0.2) is 261 Å². The molecule has 28 N–H and O–H groups in total. The molecule has 0 aliphatic rings. The van der Waals surface area contributed by atoms with E-state index in [9.17, 15) is 122 Å². The molecular formula is C71H124N18O25. The number of aliphatic hydroxyl groups is 1. The minimum absolute atomic E-state index is 0.0490. The predicted molar refractivity (Wildman–Crippen MR) is 407 cm³/mol. The number of carbonyl (C=O) groups is 19. The highest BCUT2D eigenvalue weighted by atomic mass is 16.4. The Morgan fingerprint density at radius 3 is 1.04 bits per heavy atom. The number of aliphatic carboxylic acids is 5. The molecule has 0 rings (SSSR count). The first-order valence-corrected chi connectivity index (χ1v) is 38.2. The van der Waals surface area contributed by atoms with Gasteiger partial charge in [-0.1, -0.05) is 68.2 Å². The zero-order valence-electron chi connectivity index (χ0n) is 66.6. The van der Waals surface area contributed by atoms with Crippen LogP contribution in [-0.2, 0) is 91.1 Å². The van der Waals surface area contributed by atoms with Gasteiger partial charge < -0.3 is 128 Å². The van der Waals surface area contributed by atoms with Crippen molar-refractivity contribution in [1.82, 2.24) is 74.4 Å². The number of hydrogen-bond donors (Lipinski definition) is 24. The van der Waals surface area contributed by atoms with Crippen LogP contribution in [0, 0.1) is 23.7 Å². The third-order valence-corrected chi connectivity index (χ3v) is 18.1. The van der Waals surface area contributed by atoms with E-state index in [2.05, 4.69) is 74.4 Å². The number of nitrogens with two attached hydrogens (primary N) is 4. The van der Waals surface area contributed by atoms with Crippen molar-refractivity contribution in [2.24, 2.45) is 46.6 Å². The maximum Gasteiger partial charge on any atom is 0.326 e. The number of rotatable bonds is 60. The van der Waals surface area contributed by atoms with Gasteiger partial charge in [0.15, 0.2) is 0 Å². The minimum Gasteiger partial charge on any atom is -0.481 e. The summed E-state index contributed by atoms with van der Waals surface area (Å²) in [6, 6.07) is -22.0. The molecule has 0 radical (unpaired) electrons. The largest absolute Gasteiger partial charge is 0.481 e. The van der Waals surface area contributed by atoms with Gasteiger partial charge >= 0.3 is 29.8 Å². The Hall–Kier alpha value is -10.3. The summed E-state index contributed by atoms with van der Waals surface area (Å²) in [4.78, 5) is 252. The molecule has 0 fully saturated rings. The zero-order chi connectivity index (χ0) is 87.2. The smallest absolute Gasteiger partial charge is 0.326 e. The van der Waals surface area contributed by atoms with Crippen LogP contribution in [0.5, 0.6) is 0 Å². The summed E-state index contributed by atoms with van der Waals surface area (Å²) >= 11 is 0. The summed E-state index contributed by atoms with van der Waals surface area (Å²) in [5, 5.41) is 91.5. The second-order valence-electron chi connectivity index (χ2n) is 28.8. The highest BCUT2D eigenvalue weighted by molar-refractivity contribution is 6.01. The fourth-order valence-corrected chi connectivity index (χ4v) is 11.0. The van der Waals surface area contributed by atoms with Crippen LogP contribution in [0.15, 0.2) is 0 Å². The number of amides is 14. The van der Waals surface area contributed by atoms with E-state index in [0.717, 1.165) is 0 Å². The number of carboxylic acid groups (broad SMARTS) is 5. The Labute approximate surface area is 661 Å². The van der Waals surface area contributed by atoms with E-state index in [-0.39, 0.29) is 83.3 Å². The van der Waals surface area contributed by atoms with Gasteiger partial charge in [-0.25, -0.2) is 4.79 Å². The number of hydrogen-bond acceptors (Lipinski definition) is 24. The van der Waals surface area contributed by atoms with Gasteiger partial charge in [0, 0.05) is 12.8 Å². The lowest BCUT2D eigenvalue weighted by Gasteiger charge is -2.29. The molecule has 0 saturated carbocycles. The Morgan fingerprint density at radius 1 is 0.316 bits per heavy atom. The number of carboxylic acids is 5. The van der Waals surface area contributed by atoms with E-state index in [1.807, 2.05) is 0 Å². The molecule has 0 aromatic rings. The molecule has 43 nitrogen and oxygen atoms in total. The van der Waals surface area contributed by atoms with Gasteiger partial charge in [0.25, 0.3) is 0 Å². The van der Waals surface area contributed by atoms with Crippen molar-refractivity contribution in [3.05, 3.63) is 0 Å². The number of carbonyl (C=O) groups excluding carboxylic acids is 14. The number of aliphatic hydroxyl groups excluding tert-OH is 1. The minimum atomic E-state index is -2.01. The van der Waals surface area contributed by atoms with Gasteiger partial charge in [-0.15, -0.1) is 0 Å². The van der Waals surface area contributed by atoms with Gasteiger partial charge in [0.05, 0.1) is 32.0 Å². The summed E-state index contributed by atoms with van der Waals surface area (Å²) in [5.41, 5.74) is 23.0. The summed E-state index contributed by atoms with van der Waals surface area (Å²) in [6.45, 7) is 14.0. The van der Waals surface area contributed by atoms with E-state index in [4.69, 9.17) is 22.9 Å². The van der Waals surface area contributed by atoms with Crippen LogP contribution in [0.1, 0.15) is 191 Å². The van der Waals surface area contributed by atoms with Crippen molar-refractivity contribution < 1.29 is 122 Å². The first kappa shape index (κ1) is 104. The molecule has 43 heteroatoms. The molecule has 16 atom stereocenters. The maximum atomic E-state index is 14.5. The van der Waals surface area contributed by atoms with Crippen LogP contribution in [0.3, 0.4) is 0 Å². The van der Waals surface area contributed by atoms with E-state index >= 15 is 0 Å². The van der Waals surface area contributed by atoms with E-state index in [1.54, 1.807) is 48.5 Å². The Balaban J connectivity index is 6.78. The molecule has 648 valence electrons. The molecule has 0 bridgehead atoms. The van der Waals surface area contributed by atoms with Crippen molar-refractivity contribution in [2.45, 2.75) is 276 Å². The average molecular weight is 1630 g/mol. The van der Waals surface area contributed by atoms with Gasteiger partial charge in [-0.05, 0) is 141 Å². The van der Waals surface area contributed by atoms with Crippen LogP contribution >= 0.6 is 0 Å². The Kier molecular flexibility index (Phi) is 50.3. The zero-order valence-corrected chi connectivity index (χ0v) is 66.6. The standard InChI is InChI=1S/C71H124N18O25/c1-11-37(7)56(88-66(108)45(22-24-52(92)93)79-51(91)33-76-61(103)48(31-54(96)97)85-62(104)42(19-13-16-26-72)82-69(111)50(34-90)87-64(106)46(23-25-53(94)95)81-60(102)41(75)29-35(3)4)70(112)83-43(20-14-17-27-73)63(105)84-47(30-36(5)6)68(110)86-49(32-55(98)99)67(109)78-39(9)58(100)77-40(10)59(101)80-44(21-15-18-28-74)65(107)89-57(71(113)114)38(8)12-2/h35-50,56-57,90H,11-34,72-75H2,1-10H3,(H,76,103)(H,77,100)(H,78,109)(H,79,91)(H,80,101)(H,81,102)(H,82,111)(H,83,112)(H,84,105)(H,85,104)(H,86,110)(H,87,106)(H,88,108)(H,89,107)(H,92,93)(H,94,95)(H,96,97)(H,98,99)(H,113,114)/t37-,38-,39-,40-,41-,42-,43-,44-,45-,46-,47-,48-,49-,50-,56-,57-/m0/s1. The molecule has 0 aromatic heterocycles. The van der Waals surface area contributed by atoms with Crippen LogP contribution in [0.25, 0.3) is 0 Å². The monoisotopic (exact) mass is 1630 g/mol. The van der Waals surface area contributed by atoms with Gasteiger partial charge in [-0.3, -0.25) is 86.3 Å². The topological polar surface area (TPSA) is 718 Å². The molecule has 0 saturated heterocycles. The molecule has 114 heavy (non-hydrogen) atoms. The van der Waals surface area contributed by atoms with E-state index < -0.39 is 267 Å². The highest BCUT2D eigenvalue weighted by Crippen LogP contribution is 2.16. The quantitative estimate of drug-likeness (QED) is 0.0252. The maximum absolute atomic E-state index is 14.5. The molecule has 0 aliphatic heterocycles. The SMILES string of the molecule is CC[C@H](C)[C@H](NC(=O)[C@H](CCCCN)NC(=O)[C@H](C)NC(=O)[C@H](C)NC(=O)[C@H](CC(=O)O)NC(=O)[C@H](CC(C)C)NC(=O)[C@H](CCCCN)NC(=O)[C@@H](NC(=O)[C@H](CCC(=O)O)NC(=O)CNC(=O)[C@H](CC(=O)O)NC(=O)[C@H](CCCCN)NC(=O)[C@H](CO)NC(=O)[C@H](CCC(=O)O)NC(=O)[C@@H](N)CC(C)C)[C@@H](C)CC)C(=O)O. The first-order valence-electron chi connectivity index (χ1n) is 38.2. The lowest BCUT2D eigenvalue weighted by atomic mass is 9.96. The third-order valence-electron chi connectivity index (χ3n) is 18.1. The number of unbranched alkanes of at least 4 members (excludes halogenated alkanes) is 3. The van der Waals surface area contributed by atoms with Gasteiger partial charge in [0.2, 0.25) is 82.7 Å². The van der Waals surface area contributed by atoms with Crippen LogP contribution in [0.2, 0.25) is 0 Å². The van der Waals surface area contributed by atoms with Crippen molar-refractivity contribution in [3.8, 4) is 0 Å². The molecule has 0 unspecified atom stereocenters. The second-order valence-corrected chi connectivity index (χ2v) is 28.8. The molecular weight excluding hydrogens is 1500 g/mol. The van der Waals surface area contributed by atoms with Crippen LogP contribution < -0.4 is 97.4 Å². The van der Waals surface area contributed by atoms with Crippen molar-refractivity contribution in [2.75, 3.05) is 32.8 Å². The normalized spacial score (nSPS) is 15.4. The summed E-state index contributed by atoms with van der Waals surface area (Å²) in [6.07, 6.45) is -2.83. The number of nitrogens with one attached hydrogen (secondary N) is 14. The fourth-order valence-electron chi connectivity index (χ4n) is 11.0. The summed E-state index contributed by atoms with van der Waals surface area (Å²) in [5.74, 6) is -24.1. The Morgan fingerprint density at radius 2 is 0.632 bits per heavy atom. The molecule has 0 heterocycles. The molecule has 0 spiro atoms. The predicted octanol–water partition coefficient (Wildman–Crippen LogP) is -5.90. The summed E-state index contributed by atoms with van der Waals surface area (Å²) < 4.78 is 0. The average Bonchev–Trinajstić information content (AvgIpc) is 0.888. The Bertz CT molecular complexity index is 3240. The third kappa shape index (κ3) is 41.5. The molecule has 14 amide bonds. The second kappa shape index (κ2) is 55.2. The lowest BCUT2D eigenvalue weighted by Crippen LogP contribution is -2.61. The lowest BCUT2D eigenvalue weighted by molar-refractivity contribution is -0.144. The van der Waals surface area contributed by atoms with Gasteiger partial charge in [-0.2, -0.15) is 0 Å². The summed E-state index contributed by atoms with van der Waals surface area (Å²) in [7, 11) is 0.